The average Bonchev–Trinajstić information content (AvgIpc) is 2.94. The second-order valence-corrected chi connectivity index (χ2v) is 4.00. The molecule has 22 heavy (non-hydrogen) atoms. The first-order chi connectivity index (χ1) is 10.3. The monoisotopic (exact) mass is 314 g/mol. The summed E-state index contributed by atoms with van der Waals surface area (Å²) in [5.41, 5.74) is 5.75. The Morgan fingerprint density at radius 1 is 1.45 bits per heavy atom. The molecule has 1 aromatic carbocycles. The zero-order valence-corrected chi connectivity index (χ0v) is 11.1. The van der Waals surface area contributed by atoms with Gasteiger partial charge in [-0.05, 0) is 12.1 Å². The highest BCUT2D eigenvalue weighted by molar-refractivity contribution is 6.02. The molecule has 0 atom stereocenters. The molecule has 1 heterocycles. The molecule has 0 aliphatic rings. The first kappa shape index (κ1) is 15.5. The smallest absolute Gasteiger partial charge is 0.399 e. The van der Waals surface area contributed by atoms with E-state index in [2.05, 4.69) is 24.7 Å². The van der Waals surface area contributed by atoms with Crippen molar-refractivity contribution in [1.29, 1.82) is 0 Å². The number of carbonyl (C=O) groups is 1. The summed E-state index contributed by atoms with van der Waals surface area (Å²) in [5.74, 6) is -2.47. The Balaban J connectivity index is 2.46. The van der Waals surface area contributed by atoms with E-state index in [0.29, 0.717) is 0 Å². The number of hydrogen-bond acceptors (Lipinski definition) is 6. The van der Waals surface area contributed by atoms with Crippen LogP contribution in [0.25, 0.3) is 11.4 Å². The van der Waals surface area contributed by atoms with Gasteiger partial charge < -0.3 is 15.1 Å². The number of carbonyl (C=O) groups excluding carboxylic acids is 1. The lowest BCUT2D eigenvalue weighted by Gasteiger charge is -2.03. The second kappa shape index (κ2) is 5.84. The number of benzene rings is 1. The van der Waals surface area contributed by atoms with Crippen LogP contribution in [0.4, 0.5) is 13.2 Å². The van der Waals surface area contributed by atoms with Crippen LogP contribution < -0.4 is 5.73 Å². The van der Waals surface area contributed by atoms with E-state index in [9.17, 15) is 18.0 Å². The molecule has 7 nitrogen and oxygen atoms in total. The molecule has 0 unspecified atom stereocenters. The third kappa shape index (κ3) is 3.22. The van der Waals surface area contributed by atoms with Crippen molar-refractivity contribution < 1.29 is 27.3 Å². The van der Waals surface area contributed by atoms with Gasteiger partial charge in [-0.1, -0.05) is 16.4 Å². The van der Waals surface area contributed by atoms with E-state index in [1.807, 2.05) is 0 Å². The number of nitrogens with two attached hydrogens (primary N) is 1. The summed E-state index contributed by atoms with van der Waals surface area (Å²) in [6.07, 6.45) is -3.55. The van der Waals surface area contributed by atoms with Crippen molar-refractivity contribution in [2.45, 2.75) is 6.18 Å². The van der Waals surface area contributed by atoms with Crippen molar-refractivity contribution in [1.82, 2.24) is 10.1 Å². The highest BCUT2D eigenvalue weighted by Gasteiger charge is 2.38. The third-order valence-corrected chi connectivity index (χ3v) is 2.54. The summed E-state index contributed by atoms with van der Waals surface area (Å²) >= 11 is 0. The molecule has 0 radical (unpaired) electrons. The van der Waals surface area contributed by atoms with E-state index in [0.717, 1.165) is 0 Å². The minimum Gasteiger partial charge on any atom is -0.399 e. The number of nitrogens with zero attached hydrogens (tertiary/aromatic N) is 3. The molecule has 2 rings (SSSR count). The molecule has 0 saturated carbocycles. The van der Waals surface area contributed by atoms with Gasteiger partial charge in [-0.2, -0.15) is 18.2 Å². The fourth-order valence-electron chi connectivity index (χ4n) is 1.60. The van der Waals surface area contributed by atoms with Crippen LogP contribution in [-0.2, 0) is 11.0 Å². The summed E-state index contributed by atoms with van der Waals surface area (Å²) < 4.78 is 41.5. The van der Waals surface area contributed by atoms with Gasteiger partial charge in [0.1, 0.15) is 7.11 Å². The number of rotatable bonds is 4. The van der Waals surface area contributed by atoms with Crippen LogP contribution in [-0.4, -0.2) is 29.4 Å². The molecule has 116 valence electrons. The Bertz CT molecular complexity index is 725. The van der Waals surface area contributed by atoms with Gasteiger partial charge in [-0.3, -0.25) is 4.79 Å². The van der Waals surface area contributed by atoms with Gasteiger partial charge in [0.15, 0.2) is 0 Å². The predicted octanol–water partition coefficient (Wildman–Crippen LogP) is 1.83. The topological polar surface area (TPSA) is 104 Å². The molecule has 0 aliphatic heterocycles. The van der Waals surface area contributed by atoms with Crippen LogP contribution in [0.1, 0.15) is 21.8 Å². The Kier molecular flexibility index (Phi) is 4.11. The zero-order valence-electron chi connectivity index (χ0n) is 11.1. The number of oxime groups is 1. The maximum absolute atomic E-state index is 12.4. The molecule has 2 aromatic rings. The van der Waals surface area contributed by atoms with Crippen molar-refractivity contribution in [3.05, 3.63) is 35.2 Å². The molecule has 0 spiro atoms. The van der Waals surface area contributed by atoms with Gasteiger partial charge in [-0.15, -0.1) is 0 Å². The maximum atomic E-state index is 12.4. The summed E-state index contributed by atoms with van der Waals surface area (Å²) in [6.45, 7) is 0. The number of alkyl halides is 3. The maximum Gasteiger partial charge on any atom is 0.471 e. The fraction of sp³-hybridized carbons (Fsp3) is 0.167. The van der Waals surface area contributed by atoms with Crippen molar-refractivity contribution in [3.63, 3.8) is 0 Å². The van der Waals surface area contributed by atoms with Gasteiger partial charge in [0.05, 0.1) is 6.21 Å². The van der Waals surface area contributed by atoms with E-state index in [1.54, 1.807) is 0 Å². The first-order valence-corrected chi connectivity index (χ1v) is 5.74. The van der Waals surface area contributed by atoms with Crippen LogP contribution in [0.3, 0.4) is 0 Å². The highest BCUT2D eigenvalue weighted by Crippen LogP contribution is 2.29. The number of amides is 1. The largest absolute Gasteiger partial charge is 0.471 e. The number of primary amides is 1. The van der Waals surface area contributed by atoms with Crippen molar-refractivity contribution >= 4 is 12.1 Å². The molecule has 2 N–H and O–H groups in total. The molecule has 0 saturated heterocycles. The van der Waals surface area contributed by atoms with Crippen molar-refractivity contribution in [3.8, 4) is 11.4 Å². The minimum atomic E-state index is -4.74. The highest BCUT2D eigenvalue weighted by atomic mass is 19.4. The van der Waals surface area contributed by atoms with E-state index in [-0.39, 0.29) is 22.5 Å². The average molecular weight is 314 g/mol. The zero-order chi connectivity index (χ0) is 16.3. The van der Waals surface area contributed by atoms with Gasteiger partial charge >= 0.3 is 12.1 Å². The quantitative estimate of drug-likeness (QED) is 0.685. The number of hydrogen-bond donors (Lipinski definition) is 1. The van der Waals surface area contributed by atoms with Crippen LogP contribution >= 0.6 is 0 Å². The lowest BCUT2D eigenvalue weighted by molar-refractivity contribution is -0.159. The normalized spacial score (nSPS) is 11.8. The Morgan fingerprint density at radius 2 is 2.18 bits per heavy atom. The van der Waals surface area contributed by atoms with Gasteiger partial charge in [0, 0.05) is 16.7 Å². The molecule has 0 bridgehead atoms. The van der Waals surface area contributed by atoms with Gasteiger partial charge in [0.2, 0.25) is 11.7 Å². The van der Waals surface area contributed by atoms with E-state index < -0.39 is 18.0 Å². The van der Waals surface area contributed by atoms with Crippen LogP contribution in [0, 0.1) is 0 Å². The van der Waals surface area contributed by atoms with E-state index in [4.69, 9.17) is 5.73 Å². The SMILES string of the molecule is CO/N=C/c1cc(-c2noc(C(F)(F)F)n2)ccc1C(N)=O. The van der Waals surface area contributed by atoms with Gasteiger partial charge in [-0.25, -0.2) is 0 Å². The summed E-state index contributed by atoms with van der Waals surface area (Å²) in [7, 11) is 1.29. The van der Waals surface area contributed by atoms with Crippen molar-refractivity contribution in [2.24, 2.45) is 10.9 Å². The second-order valence-electron chi connectivity index (χ2n) is 4.00. The molecular formula is C12H9F3N4O3. The lowest BCUT2D eigenvalue weighted by atomic mass is 10.0. The molecule has 1 amide bonds. The van der Waals surface area contributed by atoms with E-state index in [1.165, 1.54) is 31.5 Å². The van der Waals surface area contributed by atoms with Crippen molar-refractivity contribution in [2.75, 3.05) is 7.11 Å². The number of aromatic nitrogens is 2. The Hall–Kier alpha value is -2.91. The molecule has 0 aliphatic carbocycles. The van der Waals surface area contributed by atoms with Gasteiger partial charge in [0.25, 0.3) is 0 Å². The molecule has 0 fully saturated rings. The Morgan fingerprint density at radius 3 is 2.73 bits per heavy atom. The fourth-order valence-corrected chi connectivity index (χ4v) is 1.60. The number of halogens is 3. The summed E-state index contributed by atoms with van der Waals surface area (Å²) in [4.78, 5) is 19.0. The van der Waals surface area contributed by atoms with E-state index >= 15 is 0 Å². The van der Waals surface area contributed by atoms with Crippen LogP contribution in [0.5, 0.6) is 0 Å². The van der Waals surface area contributed by atoms with Crippen LogP contribution in [0.15, 0.2) is 27.9 Å². The summed E-state index contributed by atoms with van der Waals surface area (Å²) in [6, 6.07) is 4.00. The lowest BCUT2D eigenvalue weighted by Crippen LogP contribution is -2.13. The molecule has 1 aromatic heterocycles. The standard InChI is InChI=1S/C12H9F3N4O3/c1-21-17-5-7-4-6(2-3-8(7)9(16)20)10-18-11(22-19-10)12(13,14)15/h2-5H,1H3,(H2,16,20)/b17-5+. The third-order valence-electron chi connectivity index (χ3n) is 2.54. The molecule has 10 heteroatoms. The first-order valence-electron chi connectivity index (χ1n) is 5.74. The Labute approximate surface area is 121 Å². The minimum absolute atomic E-state index is 0.115. The predicted molar refractivity (Wildman–Crippen MR) is 67.9 cm³/mol. The molecular weight excluding hydrogens is 305 g/mol. The van der Waals surface area contributed by atoms with Crippen LogP contribution in [0.2, 0.25) is 0 Å². The summed E-state index contributed by atoms with van der Waals surface area (Å²) in [5, 5.41) is 6.74.